The average Bonchev–Trinajstić information content (AvgIpc) is 2.88. The second kappa shape index (κ2) is 13.8. The molecular formula is C29H33Cl2N3O4S. The maximum atomic E-state index is 14.0. The van der Waals surface area contributed by atoms with E-state index < -0.39 is 28.5 Å². The molecule has 39 heavy (non-hydrogen) atoms. The number of halogens is 2. The second-order valence-corrected chi connectivity index (χ2v) is 12.1. The van der Waals surface area contributed by atoms with E-state index in [0.29, 0.717) is 11.6 Å². The van der Waals surface area contributed by atoms with E-state index in [1.807, 2.05) is 68.4 Å². The maximum absolute atomic E-state index is 14.0. The highest BCUT2D eigenvalue weighted by molar-refractivity contribution is 7.92. The SMILES string of the molecule is CCCNC(=O)[C@@H](Cc1ccccc1)N(Cc1cccc(C)c1)C(=O)CN(c1ccc(Cl)cc1Cl)S(C)(=O)=O. The Kier molecular flexibility index (Phi) is 10.8. The molecule has 2 amide bonds. The van der Waals surface area contributed by atoms with Gasteiger partial charge >= 0.3 is 0 Å². The second-order valence-electron chi connectivity index (χ2n) is 9.37. The lowest BCUT2D eigenvalue weighted by molar-refractivity contribution is -0.140. The monoisotopic (exact) mass is 589 g/mol. The third-order valence-electron chi connectivity index (χ3n) is 6.11. The molecule has 10 heteroatoms. The number of benzene rings is 3. The Morgan fingerprint density at radius 1 is 0.949 bits per heavy atom. The lowest BCUT2D eigenvalue weighted by Crippen LogP contribution is -2.53. The number of hydrogen-bond donors (Lipinski definition) is 1. The summed E-state index contributed by atoms with van der Waals surface area (Å²) in [7, 11) is -3.92. The van der Waals surface area contributed by atoms with E-state index in [1.165, 1.54) is 23.1 Å². The third kappa shape index (κ3) is 8.71. The van der Waals surface area contributed by atoms with Gasteiger partial charge in [0.1, 0.15) is 12.6 Å². The van der Waals surface area contributed by atoms with Crippen molar-refractivity contribution in [3.8, 4) is 0 Å². The number of nitrogens with zero attached hydrogens (tertiary/aromatic N) is 2. The lowest BCUT2D eigenvalue weighted by atomic mass is 10.0. The molecule has 208 valence electrons. The molecule has 1 atom stereocenters. The van der Waals surface area contributed by atoms with Crippen LogP contribution >= 0.6 is 23.2 Å². The molecule has 0 spiro atoms. The van der Waals surface area contributed by atoms with E-state index in [1.54, 1.807) is 0 Å². The van der Waals surface area contributed by atoms with E-state index >= 15 is 0 Å². The lowest BCUT2D eigenvalue weighted by Gasteiger charge is -2.33. The number of hydrogen-bond acceptors (Lipinski definition) is 4. The van der Waals surface area contributed by atoms with Crippen LogP contribution < -0.4 is 9.62 Å². The van der Waals surface area contributed by atoms with Gasteiger partial charge in [-0.25, -0.2) is 8.42 Å². The number of anilines is 1. The highest BCUT2D eigenvalue weighted by Gasteiger charge is 2.33. The van der Waals surface area contributed by atoms with Gasteiger partial charge in [-0.05, 0) is 42.7 Å². The van der Waals surface area contributed by atoms with Crippen LogP contribution in [0.1, 0.15) is 30.0 Å². The van der Waals surface area contributed by atoms with E-state index in [9.17, 15) is 18.0 Å². The van der Waals surface area contributed by atoms with Crippen molar-refractivity contribution >= 4 is 50.7 Å². The molecule has 7 nitrogen and oxygen atoms in total. The first kappa shape index (κ1) is 30.5. The minimum Gasteiger partial charge on any atom is -0.354 e. The fourth-order valence-electron chi connectivity index (χ4n) is 4.21. The molecule has 0 bridgehead atoms. The average molecular weight is 591 g/mol. The van der Waals surface area contributed by atoms with Gasteiger partial charge in [0.15, 0.2) is 0 Å². The number of rotatable bonds is 12. The van der Waals surface area contributed by atoms with Gasteiger partial charge in [-0.3, -0.25) is 13.9 Å². The first-order valence-corrected chi connectivity index (χ1v) is 15.2. The smallest absolute Gasteiger partial charge is 0.244 e. The summed E-state index contributed by atoms with van der Waals surface area (Å²) >= 11 is 12.4. The molecule has 0 saturated carbocycles. The van der Waals surface area contributed by atoms with Gasteiger partial charge in [0.25, 0.3) is 0 Å². The van der Waals surface area contributed by atoms with E-state index in [-0.39, 0.29) is 29.6 Å². The van der Waals surface area contributed by atoms with E-state index in [0.717, 1.165) is 33.7 Å². The van der Waals surface area contributed by atoms with Gasteiger partial charge in [-0.2, -0.15) is 0 Å². The first-order valence-electron chi connectivity index (χ1n) is 12.6. The molecule has 0 aliphatic rings. The molecule has 0 saturated heterocycles. The van der Waals surface area contributed by atoms with Gasteiger partial charge in [0, 0.05) is 24.5 Å². The van der Waals surface area contributed by atoms with Crippen LogP contribution in [-0.2, 0) is 32.6 Å². The minimum absolute atomic E-state index is 0.0903. The van der Waals surface area contributed by atoms with Crippen LogP contribution in [0.4, 0.5) is 5.69 Å². The zero-order chi connectivity index (χ0) is 28.6. The molecule has 0 aliphatic heterocycles. The Morgan fingerprint density at radius 3 is 2.26 bits per heavy atom. The number of carbonyl (C=O) groups is 2. The molecule has 3 aromatic rings. The quantitative estimate of drug-likeness (QED) is 0.313. The van der Waals surface area contributed by atoms with Gasteiger partial charge in [-0.15, -0.1) is 0 Å². The van der Waals surface area contributed by atoms with Crippen molar-refractivity contribution in [1.82, 2.24) is 10.2 Å². The number of aryl methyl sites for hydroxylation is 1. The summed E-state index contributed by atoms with van der Waals surface area (Å²) in [6.07, 6.45) is 1.99. The predicted molar refractivity (Wildman–Crippen MR) is 158 cm³/mol. The van der Waals surface area contributed by atoms with Crippen molar-refractivity contribution in [3.63, 3.8) is 0 Å². The summed E-state index contributed by atoms with van der Waals surface area (Å²) in [5, 5.41) is 3.34. The van der Waals surface area contributed by atoms with Crippen LogP contribution in [-0.4, -0.2) is 50.5 Å². The molecule has 0 heterocycles. The summed E-state index contributed by atoms with van der Waals surface area (Å²) in [5.74, 6) is -0.849. The predicted octanol–water partition coefficient (Wildman–Crippen LogP) is 5.23. The Morgan fingerprint density at radius 2 is 1.64 bits per heavy atom. The van der Waals surface area contributed by atoms with Crippen LogP contribution in [0.2, 0.25) is 10.0 Å². The van der Waals surface area contributed by atoms with Crippen molar-refractivity contribution in [1.29, 1.82) is 0 Å². The zero-order valence-electron chi connectivity index (χ0n) is 22.2. The molecule has 3 rings (SSSR count). The molecule has 0 fully saturated rings. The van der Waals surface area contributed by atoms with Crippen molar-refractivity contribution < 1.29 is 18.0 Å². The van der Waals surface area contributed by atoms with Crippen LogP contribution in [0, 0.1) is 6.92 Å². The Bertz CT molecular complexity index is 1400. The zero-order valence-corrected chi connectivity index (χ0v) is 24.6. The molecule has 0 aromatic heterocycles. The highest BCUT2D eigenvalue weighted by atomic mass is 35.5. The van der Waals surface area contributed by atoms with Gasteiger partial charge < -0.3 is 10.2 Å². The largest absolute Gasteiger partial charge is 0.354 e. The van der Waals surface area contributed by atoms with Crippen LogP contribution in [0.3, 0.4) is 0 Å². The molecule has 3 aromatic carbocycles. The van der Waals surface area contributed by atoms with Crippen molar-refractivity contribution in [3.05, 3.63) is 99.5 Å². The normalized spacial score (nSPS) is 12.0. The highest BCUT2D eigenvalue weighted by Crippen LogP contribution is 2.30. The van der Waals surface area contributed by atoms with Crippen LogP contribution in [0.15, 0.2) is 72.8 Å². The molecule has 0 aliphatic carbocycles. The number of nitrogens with one attached hydrogen (secondary N) is 1. The van der Waals surface area contributed by atoms with Gasteiger partial charge in [0.05, 0.1) is 17.0 Å². The van der Waals surface area contributed by atoms with E-state index in [2.05, 4.69) is 5.32 Å². The summed E-state index contributed by atoms with van der Waals surface area (Å²) in [5.41, 5.74) is 2.82. The number of amides is 2. The topological polar surface area (TPSA) is 86.8 Å². The summed E-state index contributed by atoms with van der Waals surface area (Å²) in [6, 6.07) is 20.6. The fourth-order valence-corrected chi connectivity index (χ4v) is 5.63. The maximum Gasteiger partial charge on any atom is 0.244 e. The molecule has 1 N–H and O–H groups in total. The fraction of sp³-hybridized carbons (Fsp3) is 0.310. The van der Waals surface area contributed by atoms with Gasteiger partial charge in [-0.1, -0.05) is 90.3 Å². The minimum atomic E-state index is -3.92. The number of sulfonamides is 1. The standard InChI is InChI=1S/C29H33Cl2N3O4S/c1-4-15-32-29(36)27(17-22-10-6-5-7-11-22)33(19-23-12-8-9-21(2)16-23)28(35)20-34(39(3,37)38)26-14-13-24(30)18-25(26)31/h5-14,16,18,27H,4,15,17,19-20H2,1-3H3,(H,32,36)/t27-/m1/s1. The number of carbonyl (C=O) groups excluding carboxylic acids is 2. The van der Waals surface area contributed by atoms with E-state index in [4.69, 9.17) is 23.2 Å². The molecule has 0 unspecified atom stereocenters. The Hall–Kier alpha value is -3.07. The summed E-state index contributed by atoms with van der Waals surface area (Å²) in [4.78, 5) is 29.0. The van der Waals surface area contributed by atoms with Crippen molar-refractivity contribution in [2.75, 3.05) is 23.7 Å². The summed E-state index contributed by atoms with van der Waals surface area (Å²) < 4.78 is 26.6. The summed E-state index contributed by atoms with van der Waals surface area (Å²) in [6.45, 7) is 3.91. The van der Waals surface area contributed by atoms with Crippen molar-refractivity contribution in [2.45, 2.75) is 39.3 Å². The van der Waals surface area contributed by atoms with Crippen LogP contribution in [0.25, 0.3) is 0 Å². The first-order chi connectivity index (χ1) is 18.5. The molecule has 0 radical (unpaired) electrons. The third-order valence-corrected chi connectivity index (χ3v) is 7.78. The molecular weight excluding hydrogens is 557 g/mol. The van der Waals surface area contributed by atoms with Gasteiger partial charge in [0.2, 0.25) is 21.8 Å². The Balaban J connectivity index is 2.06. The van der Waals surface area contributed by atoms with Crippen LogP contribution in [0.5, 0.6) is 0 Å². The Labute approximate surface area is 240 Å². The van der Waals surface area contributed by atoms with Crippen molar-refractivity contribution in [2.24, 2.45) is 0 Å².